The number of carbonyl (C=O) groups is 2. The third kappa shape index (κ3) is 4.18. The molecule has 2 rings (SSSR count). The van der Waals surface area contributed by atoms with Crippen molar-refractivity contribution in [1.29, 1.82) is 0 Å². The van der Waals surface area contributed by atoms with Gasteiger partial charge in [0.25, 0.3) is 0 Å². The topological polar surface area (TPSA) is 78.4 Å². The molecule has 1 aromatic rings. The first kappa shape index (κ1) is 15.3. The number of benzene rings is 1. The number of aliphatic carboxylic acids is 1. The molecule has 3 N–H and O–H groups in total. The van der Waals surface area contributed by atoms with Gasteiger partial charge in [0.05, 0.1) is 12.0 Å². The van der Waals surface area contributed by atoms with Gasteiger partial charge in [-0.3, -0.25) is 4.79 Å². The molecular weight excluding hydrogens is 275 g/mol. The Balaban J connectivity index is 1.77. The summed E-state index contributed by atoms with van der Waals surface area (Å²) in [5.41, 5.74) is -0.0739. The molecule has 1 fully saturated rings. The van der Waals surface area contributed by atoms with E-state index in [1.54, 1.807) is 18.2 Å². The zero-order valence-corrected chi connectivity index (χ0v) is 11.7. The molecule has 1 aromatic carbocycles. The number of rotatable bonds is 6. The zero-order valence-electron chi connectivity index (χ0n) is 11.7. The van der Waals surface area contributed by atoms with Gasteiger partial charge in [0.1, 0.15) is 5.82 Å². The summed E-state index contributed by atoms with van der Waals surface area (Å²) in [6.45, 7) is 0.302. The van der Waals surface area contributed by atoms with Gasteiger partial charge >= 0.3 is 12.0 Å². The Morgan fingerprint density at radius 2 is 2.00 bits per heavy atom. The first-order valence-electron chi connectivity index (χ1n) is 7.02. The summed E-state index contributed by atoms with van der Waals surface area (Å²) in [4.78, 5) is 22.6. The van der Waals surface area contributed by atoms with E-state index in [4.69, 9.17) is 5.11 Å². The van der Waals surface area contributed by atoms with E-state index in [0.717, 1.165) is 6.42 Å². The van der Waals surface area contributed by atoms with Crippen molar-refractivity contribution < 1.29 is 19.1 Å². The summed E-state index contributed by atoms with van der Waals surface area (Å²) in [5.74, 6) is -1.21. The molecule has 2 amide bonds. The van der Waals surface area contributed by atoms with Gasteiger partial charge in [-0.05, 0) is 37.3 Å². The van der Waals surface area contributed by atoms with Gasteiger partial charge in [-0.25, -0.2) is 9.18 Å². The van der Waals surface area contributed by atoms with Crippen molar-refractivity contribution in [2.24, 2.45) is 0 Å². The molecule has 0 heterocycles. The average molecular weight is 294 g/mol. The molecule has 6 heteroatoms. The van der Waals surface area contributed by atoms with Gasteiger partial charge in [-0.1, -0.05) is 18.2 Å². The van der Waals surface area contributed by atoms with Crippen molar-refractivity contribution in [3.05, 3.63) is 35.6 Å². The van der Waals surface area contributed by atoms with Gasteiger partial charge in [-0.2, -0.15) is 0 Å². The molecule has 1 aliphatic rings. The Morgan fingerprint density at radius 1 is 1.29 bits per heavy atom. The molecule has 21 heavy (non-hydrogen) atoms. The van der Waals surface area contributed by atoms with Crippen LogP contribution in [0.2, 0.25) is 0 Å². The number of carboxylic acids is 1. The molecule has 0 bridgehead atoms. The minimum Gasteiger partial charge on any atom is -0.481 e. The Morgan fingerprint density at radius 3 is 2.57 bits per heavy atom. The molecule has 0 unspecified atom stereocenters. The Kier molecular flexibility index (Phi) is 4.77. The number of carbonyl (C=O) groups excluding carboxylic acids is 1. The minimum absolute atomic E-state index is 0.0618. The minimum atomic E-state index is -0.915. The molecular formula is C15H19FN2O3. The van der Waals surface area contributed by atoms with E-state index in [0.29, 0.717) is 31.4 Å². The lowest BCUT2D eigenvalue weighted by Gasteiger charge is -2.41. The maximum Gasteiger partial charge on any atom is 0.315 e. The smallest absolute Gasteiger partial charge is 0.315 e. The average Bonchev–Trinajstić information content (AvgIpc) is 2.38. The van der Waals surface area contributed by atoms with Crippen molar-refractivity contribution >= 4 is 12.0 Å². The Labute approximate surface area is 122 Å². The second kappa shape index (κ2) is 6.56. The van der Waals surface area contributed by atoms with Crippen LogP contribution in [-0.4, -0.2) is 29.2 Å². The van der Waals surface area contributed by atoms with E-state index in [1.165, 1.54) is 6.07 Å². The highest BCUT2D eigenvalue weighted by Crippen LogP contribution is 2.34. The van der Waals surface area contributed by atoms with Crippen LogP contribution in [0.1, 0.15) is 31.2 Å². The third-order valence-electron chi connectivity index (χ3n) is 3.82. The molecule has 0 saturated heterocycles. The van der Waals surface area contributed by atoms with Crippen molar-refractivity contribution in [1.82, 2.24) is 10.6 Å². The fraction of sp³-hybridized carbons (Fsp3) is 0.467. The normalized spacial score (nSPS) is 15.9. The summed E-state index contributed by atoms with van der Waals surface area (Å²) in [6.07, 6.45) is 2.61. The predicted molar refractivity (Wildman–Crippen MR) is 75.5 cm³/mol. The highest BCUT2D eigenvalue weighted by molar-refractivity contribution is 5.77. The summed E-state index contributed by atoms with van der Waals surface area (Å²) in [6, 6.07) is 6.02. The Hall–Kier alpha value is -2.11. The molecule has 0 radical (unpaired) electrons. The molecule has 114 valence electrons. The van der Waals surface area contributed by atoms with Gasteiger partial charge in [0, 0.05) is 6.54 Å². The largest absolute Gasteiger partial charge is 0.481 e. The van der Waals surface area contributed by atoms with Crippen LogP contribution in [0.5, 0.6) is 0 Å². The lowest BCUT2D eigenvalue weighted by molar-refractivity contribution is -0.139. The fourth-order valence-corrected chi connectivity index (χ4v) is 2.54. The second-order valence-electron chi connectivity index (χ2n) is 5.43. The SMILES string of the molecule is O=C(O)CC1(NC(=O)NCCc2ccccc2F)CCC1. The first-order valence-corrected chi connectivity index (χ1v) is 7.02. The summed E-state index contributed by atoms with van der Waals surface area (Å²) in [7, 11) is 0. The first-order chi connectivity index (χ1) is 10.0. The van der Waals surface area contributed by atoms with E-state index in [-0.39, 0.29) is 12.2 Å². The third-order valence-corrected chi connectivity index (χ3v) is 3.82. The van der Waals surface area contributed by atoms with Crippen molar-refractivity contribution in [2.45, 2.75) is 37.6 Å². The molecule has 0 aromatic heterocycles. The number of hydrogen-bond acceptors (Lipinski definition) is 2. The van der Waals surface area contributed by atoms with E-state index in [1.807, 2.05) is 0 Å². The van der Waals surface area contributed by atoms with E-state index >= 15 is 0 Å². The maximum atomic E-state index is 13.4. The monoisotopic (exact) mass is 294 g/mol. The van der Waals surface area contributed by atoms with Gasteiger partial charge in [0.15, 0.2) is 0 Å². The van der Waals surface area contributed by atoms with E-state index < -0.39 is 17.5 Å². The summed E-state index contributed by atoms with van der Waals surface area (Å²) in [5, 5.41) is 14.3. The van der Waals surface area contributed by atoms with Crippen molar-refractivity contribution in [3.63, 3.8) is 0 Å². The highest BCUT2D eigenvalue weighted by Gasteiger charge is 2.40. The molecule has 0 spiro atoms. The molecule has 1 saturated carbocycles. The number of carboxylic acid groups (broad SMARTS) is 1. The molecule has 0 aliphatic heterocycles. The summed E-state index contributed by atoms with van der Waals surface area (Å²) < 4.78 is 13.4. The van der Waals surface area contributed by atoms with Crippen LogP contribution in [0.3, 0.4) is 0 Å². The van der Waals surface area contributed by atoms with Crippen LogP contribution in [0.15, 0.2) is 24.3 Å². The van der Waals surface area contributed by atoms with Gasteiger partial charge in [0.2, 0.25) is 0 Å². The molecule has 0 atom stereocenters. The fourth-order valence-electron chi connectivity index (χ4n) is 2.54. The number of hydrogen-bond donors (Lipinski definition) is 3. The van der Waals surface area contributed by atoms with Gasteiger partial charge in [-0.15, -0.1) is 0 Å². The predicted octanol–water partition coefficient (Wildman–Crippen LogP) is 2.06. The number of halogens is 1. The number of nitrogens with one attached hydrogen (secondary N) is 2. The lowest BCUT2D eigenvalue weighted by Crippen LogP contribution is -2.57. The number of amides is 2. The van der Waals surface area contributed by atoms with Crippen LogP contribution in [0.25, 0.3) is 0 Å². The van der Waals surface area contributed by atoms with Gasteiger partial charge < -0.3 is 15.7 Å². The maximum absolute atomic E-state index is 13.4. The quantitative estimate of drug-likeness (QED) is 0.751. The molecule has 5 nitrogen and oxygen atoms in total. The van der Waals surface area contributed by atoms with Crippen LogP contribution in [-0.2, 0) is 11.2 Å². The molecule has 1 aliphatic carbocycles. The Bertz CT molecular complexity index is 529. The van der Waals surface area contributed by atoms with Crippen LogP contribution < -0.4 is 10.6 Å². The standard InChI is InChI=1S/C15H19FN2O3/c16-12-5-2-1-4-11(12)6-9-17-14(21)18-15(7-3-8-15)10-13(19)20/h1-2,4-5H,3,6-10H2,(H,19,20)(H2,17,18,21). The van der Waals surface area contributed by atoms with Crippen LogP contribution in [0.4, 0.5) is 9.18 Å². The van der Waals surface area contributed by atoms with E-state index in [2.05, 4.69) is 10.6 Å². The van der Waals surface area contributed by atoms with E-state index in [9.17, 15) is 14.0 Å². The highest BCUT2D eigenvalue weighted by atomic mass is 19.1. The van der Waals surface area contributed by atoms with Crippen LogP contribution >= 0.6 is 0 Å². The van der Waals surface area contributed by atoms with Crippen LogP contribution in [0, 0.1) is 5.82 Å². The lowest BCUT2D eigenvalue weighted by atomic mass is 9.74. The van der Waals surface area contributed by atoms with Crippen molar-refractivity contribution in [3.8, 4) is 0 Å². The van der Waals surface area contributed by atoms with Crippen molar-refractivity contribution in [2.75, 3.05) is 6.54 Å². The zero-order chi connectivity index (χ0) is 15.3. The summed E-state index contributed by atoms with van der Waals surface area (Å²) >= 11 is 0. The number of urea groups is 1. The second-order valence-corrected chi connectivity index (χ2v) is 5.43.